The Morgan fingerprint density at radius 2 is 1.79 bits per heavy atom. The van der Waals surface area contributed by atoms with Crippen LogP contribution < -0.4 is 11.1 Å². The molecule has 1 amide bonds. The maximum Gasteiger partial charge on any atom is 0.251 e. The van der Waals surface area contributed by atoms with Crippen molar-refractivity contribution in [1.29, 1.82) is 0 Å². The average Bonchev–Trinajstić information content (AvgIpc) is 2.26. The van der Waals surface area contributed by atoms with E-state index in [9.17, 15) is 13.2 Å². The van der Waals surface area contributed by atoms with Crippen LogP contribution in [-0.4, -0.2) is 26.6 Å². The van der Waals surface area contributed by atoms with Crippen LogP contribution in [0.3, 0.4) is 0 Å². The van der Waals surface area contributed by atoms with Crippen LogP contribution in [0.2, 0.25) is 0 Å². The van der Waals surface area contributed by atoms with E-state index in [0.29, 0.717) is 5.92 Å². The number of amides is 1. The van der Waals surface area contributed by atoms with E-state index >= 15 is 0 Å². The quantitative estimate of drug-likeness (QED) is 0.819. The van der Waals surface area contributed by atoms with Crippen LogP contribution in [0.1, 0.15) is 31.1 Å². The zero-order valence-corrected chi connectivity index (χ0v) is 12.4. The number of nitrogen functional groups attached to an aromatic ring is 1. The Hall–Kier alpha value is -1.56. The van der Waals surface area contributed by atoms with Crippen LogP contribution in [-0.2, 0) is 9.84 Å². The van der Waals surface area contributed by atoms with Crippen LogP contribution in [0.15, 0.2) is 23.1 Å². The lowest BCUT2D eigenvalue weighted by molar-refractivity contribution is 0.0930. The normalized spacial score (nSPS) is 13.3. The van der Waals surface area contributed by atoms with Gasteiger partial charge < -0.3 is 11.1 Å². The van der Waals surface area contributed by atoms with Crippen LogP contribution in [0.4, 0.5) is 5.69 Å². The molecule has 1 rings (SSSR count). The molecular formula is C13H20N2O3S. The van der Waals surface area contributed by atoms with Gasteiger partial charge in [-0.05, 0) is 31.0 Å². The number of anilines is 1. The molecular weight excluding hydrogens is 264 g/mol. The van der Waals surface area contributed by atoms with Gasteiger partial charge in [0.25, 0.3) is 5.91 Å². The highest BCUT2D eigenvalue weighted by molar-refractivity contribution is 7.90. The van der Waals surface area contributed by atoms with Crippen molar-refractivity contribution in [3.63, 3.8) is 0 Å². The van der Waals surface area contributed by atoms with Crippen molar-refractivity contribution < 1.29 is 13.2 Å². The monoisotopic (exact) mass is 284 g/mol. The zero-order chi connectivity index (χ0) is 14.8. The highest BCUT2D eigenvalue weighted by Crippen LogP contribution is 2.17. The minimum Gasteiger partial charge on any atom is -0.399 e. The van der Waals surface area contributed by atoms with E-state index in [1.165, 1.54) is 18.2 Å². The van der Waals surface area contributed by atoms with Crippen LogP contribution in [0.5, 0.6) is 0 Å². The number of nitrogens with one attached hydrogen (secondary N) is 1. The van der Waals surface area contributed by atoms with Gasteiger partial charge in [-0.25, -0.2) is 8.42 Å². The van der Waals surface area contributed by atoms with Crippen molar-refractivity contribution >= 4 is 21.4 Å². The van der Waals surface area contributed by atoms with E-state index in [1.54, 1.807) is 0 Å². The van der Waals surface area contributed by atoms with E-state index in [2.05, 4.69) is 5.32 Å². The van der Waals surface area contributed by atoms with E-state index in [0.717, 1.165) is 6.26 Å². The number of benzene rings is 1. The second-order valence-corrected chi connectivity index (χ2v) is 7.08. The number of hydrogen-bond acceptors (Lipinski definition) is 4. The highest BCUT2D eigenvalue weighted by Gasteiger charge is 2.16. The Kier molecular flexibility index (Phi) is 4.57. The Morgan fingerprint density at radius 1 is 1.21 bits per heavy atom. The molecule has 0 saturated carbocycles. The van der Waals surface area contributed by atoms with Gasteiger partial charge in [0.15, 0.2) is 9.84 Å². The van der Waals surface area contributed by atoms with Crippen LogP contribution >= 0.6 is 0 Å². The van der Waals surface area contributed by atoms with Gasteiger partial charge in [0.1, 0.15) is 0 Å². The fraction of sp³-hybridized carbons (Fsp3) is 0.462. The Morgan fingerprint density at radius 3 is 2.26 bits per heavy atom. The van der Waals surface area contributed by atoms with E-state index in [1.807, 2.05) is 20.8 Å². The molecule has 0 aromatic heterocycles. The third-order valence-corrected chi connectivity index (χ3v) is 4.07. The van der Waals surface area contributed by atoms with Crippen molar-refractivity contribution in [3.05, 3.63) is 23.8 Å². The summed E-state index contributed by atoms with van der Waals surface area (Å²) >= 11 is 0. The molecule has 0 heterocycles. The van der Waals surface area contributed by atoms with Gasteiger partial charge in [0.05, 0.1) is 4.90 Å². The predicted molar refractivity (Wildman–Crippen MR) is 75.7 cm³/mol. The summed E-state index contributed by atoms with van der Waals surface area (Å²) in [5, 5.41) is 2.81. The summed E-state index contributed by atoms with van der Waals surface area (Å²) < 4.78 is 23.0. The second kappa shape index (κ2) is 5.61. The summed E-state index contributed by atoms with van der Waals surface area (Å²) in [6.07, 6.45) is 1.08. The summed E-state index contributed by atoms with van der Waals surface area (Å²) in [5.41, 5.74) is 6.15. The average molecular weight is 284 g/mol. The molecule has 0 aliphatic carbocycles. The summed E-state index contributed by atoms with van der Waals surface area (Å²) in [6.45, 7) is 5.88. The van der Waals surface area contributed by atoms with Crippen molar-refractivity contribution in [2.45, 2.75) is 31.7 Å². The zero-order valence-electron chi connectivity index (χ0n) is 11.6. The summed E-state index contributed by atoms with van der Waals surface area (Å²) in [4.78, 5) is 12.1. The molecule has 0 spiro atoms. The van der Waals surface area contributed by atoms with Crippen molar-refractivity contribution in [2.75, 3.05) is 12.0 Å². The first-order valence-electron chi connectivity index (χ1n) is 6.02. The maximum atomic E-state index is 12.0. The standard InChI is InChI=1S/C13H20N2O3S/c1-8(2)9(3)15-13(16)10-5-11(14)7-12(6-10)19(4,17)18/h5-9H,14H2,1-4H3,(H,15,16). The molecule has 6 heteroatoms. The largest absolute Gasteiger partial charge is 0.399 e. The van der Waals surface area contributed by atoms with Gasteiger partial charge in [-0.15, -0.1) is 0 Å². The Bertz CT molecular complexity index is 580. The van der Waals surface area contributed by atoms with Gasteiger partial charge in [0.2, 0.25) is 0 Å². The number of carbonyl (C=O) groups is 1. The predicted octanol–water partition coefficient (Wildman–Crippen LogP) is 1.45. The van der Waals surface area contributed by atoms with Gasteiger partial charge in [-0.1, -0.05) is 13.8 Å². The SMILES string of the molecule is CC(C)C(C)NC(=O)c1cc(N)cc(S(C)(=O)=O)c1. The number of sulfone groups is 1. The van der Waals surface area contributed by atoms with Gasteiger partial charge in [-0.3, -0.25) is 4.79 Å². The van der Waals surface area contributed by atoms with Crippen molar-refractivity contribution in [2.24, 2.45) is 5.92 Å². The molecule has 3 N–H and O–H groups in total. The Labute approximate surface area is 114 Å². The molecule has 0 radical (unpaired) electrons. The summed E-state index contributed by atoms with van der Waals surface area (Å²) in [7, 11) is -3.39. The van der Waals surface area contributed by atoms with E-state index in [-0.39, 0.29) is 28.1 Å². The third kappa shape index (κ3) is 4.24. The first kappa shape index (κ1) is 15.5. The maximum absolute atomic E-state index is 12.0. The van der Waals surface area contributed by atoms with E-state index in [4.69, 9.17) is 5.73 Å². The van der Waals surface area contributed by atoms with Gasteiger partial charge in [-0.2, -0.15) is 0 Å². The Balaban J connectivity index is 3.08. The molecule has 0 saturated heterocycles. The smallest absolute Gasteiger partial charge is 0.251 e. The number of rotatable bonds is 4. The first-order valence-corrected chi connectivity index (χ1v) is 7.92. The molecule has 0 aliphatic heterocycles. The van der Waals surface area contributed by atoms with Gasteiger partial charge in [0, 0.05) is 23.5 Å². The third-order valence-electron chi connectivity index (χ3n) is 2.98. The lowest BCUT2D eigenvalue weighted by Gasteiger charge is -2.17. The molecule has 0 aliphatic rings. The second-order valence-electron chi connectivity index (χ2n) is 5.07. The topological polar surface area (TPSA) is 89.3 Å². The fourth-order valence-electron chi connectivity index (χ4n) is 1.42. The molecule has 19 heavy (non-hydrogen) atoms. The van der Waals surface area contributed by atoms with Gasteiger partial charge >= 0.3 is 0 Å². The van der Waals surface area contributed by atoms with E-state index < -0.39 is 9.84 Å². The number of carbonyl (C=O) groups excluding carboxylic acids is 1. The molecule has 106 valence electrons. The van der Waals surface area contributed by atoms with Crippen LogP contribution in [0, 0.1) is 5.92 Å². The molecule has 0 fully saturated rings. The lowest BCUT2D eigenvalue weighted by atomic mass is 10.1. The molecule has 1 atom stereocenters. The first-order chi connectivity index (χ1) is 8.61. The summed E-state index contributed by atoms with van der Waals surface area (Å²) in [5.74, 6) is -0.0298. The molecule has 1 aromatic carbocycles. The van der Waals surface area contributed by atoms with Crippen molar-refractivity contribution in [3.8, 4) is 0 Å². The number of hydrogen-bond donors (Lipinski definition) is 2. The fourth-order valence-corrected chi connectivity index (χ4v) is 2.12. The summed E-state index contributed by atoms with van der Waals surface area (Å²) in [6, 6.07) is 4.15. The van der Waals surface area contributed by atoms with Crippen molar-refractivity contribution in [1.82, 2.24) is 5.32 Å². The molecule has 0 bridgehead atoms. The molecule has 1 unspecified atom stereocenters. The molecule has 1 aromatic rings. The minimum absolute atomic E-state index is 0.00406. The highest BCUT2D eigenvalue weighted by atomic mass is 32.2. The molecule has 5 nitrogen and oxygen atoms in total. The minimum atomic E-state index is -3.39. The lowest BCUT2D eigenvalue weighted by Crippen LogP contribution is -2.36. The number of nitrogens with two attached hydrogens (primary N) is 1. The van der Waals surface area contributed by atoms with Crippen LogP contribution in [0.25, 0.3) is 0 Å².